The molecule has 0 spiro atoms. The van der Waals surface area contributed by atoms with E-state index in [4.69, 9.17) is 5.11 Å². The van der Waals surface area contributed by atoms with Crippen molar-refractivity contribution in [3.63, 3.8) is 0 Å². The lowest BCUT2D eigenvalue weighted by molar-refractivity contribution is -0.0499. The van der Waals surface area contributed by atoms with Crippen molar-refractivity contribution in [1.82, 2.24) is 0 Å². The molecule has 0 radical (unpaired) electrons. The number of benzene rings is 2. The van der Waals surface area contributed by atoms with Crippen LogP contribution >= 0.6 is 15.9 Å². The van der Waals surface area contributed by atoms with Crippen molar-refractivity contribution in [3.05, 3.63) is 58.1 Å². The Kier molecular flexibility index (Phi) is 5.64. The number of nitrogens with one attached hydrogen (secondary N) is 1. The summed E-state index contributed by atoms with van der Waals surface area (Å²) in [6, 6.07) is 10.5. The lowest BCUT2D eigenvalue weighted by Crippen LogP contribution is -2.04. The van der Waals surface area contributed by atoms with E-state index in [0.717, 1.165) is 0 Å². The Hall–Kier alpha value is -2.48. The van der Waals surface area contributed by atoms with Gasteiger partial charge in [-0.1, -0.05) is 15.9 Å². The number of hydrazone groups is 1. The molecule has 120 valence electrons. The maximum Gasteiger partial charge on any atom is 0.387 e. The van der Waals surface area contributed by atoms with Crippen molar-refractivity contribution >= 4 is 33.8 Å². The first kappa shape index (κ1) is 16.9. The predicted octanol–water partition coefficient (Wildman–Crippen LogP) is 4.19. The summed E-state index contributed by atoms with van der Waals surface area (Å²) in [5.74, 6) is -1.03. The molecule has 8 heteroatoms. The van der Waals surface area contributed by atoms with E-state index < -0.39 is 12.6 Å². The van der Waals surface area contributed by atoms with E-state index in [2.05, 4.69) is 31.2 Å². The van der Waals surface area contributed by atoms with E-state index in [0.29, 0.717) is 15.7 Å². The molecule has 0 saturated carbocycles. The van der Waals surface area contributed by atoms with Gasteiger partial charge in [-0.2, -0.15) is 13.9 Å². The van der Waals surface area contributed by atoms with Crippen LogP contribution in [0.2, 0.25) is 0 Å². The third-order valence-corrected chi connectivity index (χ3v) is 3.21. The number of carboxylic acids is 1. The lowest BCUT2D eigenvalue weighted by atomic mass is 10.2. The molecule has 2 rings (SSSR count). The highest BCUT2D eigenvalue weighted by Crippen LogP contribution is 2.23. The Morgan fingerprint density at radius 1 is 1.26 bits per heavy atom. The molecule has 0 atom stereocenters. The Bertz CT molecular complexity index is 721. The number of nitrogens with zero attached hydrogens (tertiary/aromatic N) is 1. The van der Waals surface area contributed by atoms with E-state index in [1.54, 1.807) is 12.1 Å². The maximum atomic E-state index is 12.3. The second-order valence-electron chi connectivity index (χ2n) is 4.31. The summed E-state index contributed by atoms with van der Waals surface area (Å²) in [6.45, 7) is -2.93. The predicted molar refractivity (Wildman–Crippen MR) is 85.4 cm³/mol. The smallest absolute Gasteiger partial charge is 0.387 e. The van der Waals surface area contributed by atoms with Crippen LogP contribution in [0.4, 0.5) is 14.5 Å². The summed E-state index contributed by atoms with van der Waals surface area (Å²) in [5.41, 5.74) is 3.74. The SMILES string of the molecule is O=C(O)c1ccc(N/N=C\c2cc(Br)ccc2OC(F)F)cc1. The zero-order chi connectivity index (χ0) is 16.8. The maximum absolute atomic E-state index is 12.3. The van der Waals surface area contributed by atoms with Gasteiger partial charge in [-0.15, -0.1) is 0 Å². The minimum atomic E-state index is -2.93. The van der Waals surface area contributed by atoms with E-state index >= 15 is 0 Å². The number of rotatable bonds is 6. The molecule has 0 aliphatic rings. The summed E-state index contributed by atoms with van der Waals surface area (Å²) in [6.07, 6.45) is 1.33. The van der Waals surface area contributed by atoms with Crippen molar-refractivity contribution < 1.29 is 23.4 Å². The van der Waals surface area contributed by atoms with E-state index in [-0.39, 0.29) is 11.3 Å². The van der Waals surface area contributed by atoms with Crippen LogP contribution in [0.3, 0.4) is 0 Å². The summed E-state index contributed by atoms with van der Waals surface area (Å²) in [7, 11) is 0. The molecule has 2 aromatic carbocycles. The molecule has 0 amide bonds. The van der Waals surface area contributed by atoms with Gasteiger partial charge >= 0.3 is 12.6 Å². The van der Waals surface area contributed by atoms with Gasteiger partial charge in [-0.05, 0) is 42.5 Å². The molecule has 0 aromatic heterocycles. The topological polar surface area (TPSA) is 70.9 Å². The van der Waals surface area contributed by atoms with Gasteiger partial charge in [-0.3, -0.25) is 5.43 Å². The van der Waals surface area contributed by atoms with Gasteiger partial charge in [0.25, 0.3) is 0 Å². The average molecular weight is 385 g/mol. The van der Waals surface area contributed by atoms with Crippen molar-refractivity contribution in [1.29, 1.82) is 0 Å². The van der Waals surface area contributed by atoms with E-state index in [1.807, 2.05) is 0 Å². The molecule has 0 saturated heterocycles. The van der Waals surface area contributed by atoms with Crippen LogP contribution in [0, 0.1) is 0 Å². The van der Waals surface area contributed by atoms with E-state index in [1.165, 1.54) is 36.5 Å². The number of carbonyl (C=O) groups is 1. The fraction of sp³-hybridized carbons (Fsp3) is 0.0667. The number of anilines is 1. The number of hydrogen-bond acceptors (Lipinski definition) is 4. The second-order valence-corrected chi connectivity index (χ2v) is 5.23. The molecule has 0 unspecified atom stereocenters. The van der Waals surface area contributed by atoms with Crippen LogP contribution in [-0.4, -0.2) is 23.9 Å². The minimum absolute atomic E-state index is 0.00465. The highest BCUT2D eigenvalue weighted by Gasteiger charge is 2.08. The molecular formula is C15H11BrF2N2O3. The van der Waals surface area contributed by atoms with Crippen LogP contribution < -0.4 is 10.2 Å². The first-order chi connectivity index (χ1) is 11.0. The standard InChI is InChI=1S/C15H11BrF2N2O3/c16-11-3-6-13(23-15(17)18)10(7-11)8-19-20-12-4-1-9(2-5-12)14(21)22/h1-8,15,20H,(H,21,22)/b19-8-. The number of hydrogen-bond donors (Lipinski definition) is 2. The van der Waals surface area contributed by atoms with Crippen LogP contribution in [0.5, 0.6) is 5.75 Å². The Labute approximate surface area is 138 Å². The summed E-state index contributed by atoms with van der Waals surface area (Å²) < 4.78 is 29.8. The Morgan fingerprint density at radius 3 is 2.57 bits per heavy atom. The van der Waals surface area contributed by atoms with Crippen LogP contribution in [0.15, 0.2) is 52.0 Å². The zero-order valence-electron chi connectivity index (χ0n) is 11.5. The van der Waals surface area contributed by atoms with Gasteiger partial charge in [0.1, 0.15) is 5.75 Å². The third kappa shape index (κ3) is 5.03. The van der Waals surface area contributed by atoms with Gasteiger partial charge in [0.05, 0.1) is 17.5 Å². The molecule has 0 aliphatic heterocycles. The van der Waals surface area contributed by atoms with E-state index in [9.17, 15) is 13.6 Å². The third-order valence-electron chi connectivity index (χ3n) is 2.72. The van der Waals surface area contributed by atoms with Crippen LogP contribution in [0.25, 0.3) is 0 Å². The number of carboxylic acid groups (broad SMARTS) is 1. The summed E-state index contributed by atoms with van der Waals surface area (Å²) in [4.78, 5) is 10.7. The van der Waals surface area contributed by atoms with Gasteiger partial charge in [0.15, 0.2) is 0 Å². The normalized spacial score (nSPS) is 11.0. The van der Waals surface area contributed by atoms with Gasteiger partial charge in [-0.25, -0.2) is 4.79 Å². The first-order valence-electron chi connectivity index (χ1n) is 6.32. The molecule has 2 aromatic rings. The van der Waals surface area contributed by atoms with Crippen LogP contribution in [-0.2, 0) is 0 Å². The molecule has 0 heterocycles. The summed E-state index contributed by atoms with van der Waals surface area (Å²) >= 11 is 3.24. The lowest BCUT2D eigenvalue weighted by Gasteiger charge is -2.08. The highest BCUT2D eigenvalue weighted by molar-refractivity contribution is 9.10. The Balaban J connectivity index is 2.10. The molecule has 5 nitrogen and oxygen atoms in total. The number of ether oxygens (including phenoxy) is 1. The largest absolute Gasteiger partial charge is 0.478 e. The molecular weight excluding hydrogens is 374 g/mol. The first-order valence-corrected chi connectivity index (χ1v) is 7.12. The average Bonchev–Trinajstić information content (AvgIpc) is 2.50. The Morgan fingerprint density at radius 2 is 1.96 bits per heavy atom. The molecule has 0 aliphatic carbocycles. The second kappa shape index (κ2) is 7.68. The number of alkyl halides is 2. The number of halogens is 3. The van der Waals surface area contributed by atoms with Crippen molar-refractivity contribution in [2.75, 3.05) is 5.43 Å². The zero-order valence-corrected chi connectivity index (χ0v) is 13.1. The fourth-order valence-electron chi connectivity index (χ4n) is 1.69. The quantitative estimate of drug-likeness (QED) is 0.578. The monoisotopic (exact) mass is 384 g/mol. The molecule has 0 fully saturated rings. The van der Waals surface area contributed by atoms with Crippen molar-refractivity contribution in [2.45, 2.75) is 6.61 Å². The fourth-order valence-corrected chi connectivity index (χ4v) is 2.07. The highest BCUT2D eigenvalue weighted by atomic mass is 79.9. The van der Waals surface area contributed by atoms with Crippen molar-refractivity contribution in [3.8, 4) is 5.75 Å². The molecule has 0 bridgehead atoms. The minimum Gasteiger partial charge on any atom is -0.478 e. The number of aromatic carboxylic acids is 1. The van der Waals surface area contributed by atoms with Crippen molar-refractivity contribution in [2.24, 2.45) is 5.10 Å². The van der Waals surface area contributed by atoms with Gasteiger partial charge < -0.3 is 9.84 Å². The van der Waals surface area contributed by atoms with Gasteiger partial charge in [0.2, 0.25) is 0 Å². The molecule has 23 heavy (non-hydrogen) atoms. The summed E-state index contributed by atoms with van der Waals surface area (Å²) in [5, 5.41) is 12.7. The molecule has 2 N–H and O–H groups in total. The van der Waals surface area contributed by atoms with Crippen LogP contribution in [0.1, 0.15) is 15.9 Å². The van der Waals surface area contributed by atoms with Gasteiger partial charge in [0, 0.05) is 10.0 Å².